The number of ether oxygens (including phenoxy) is 1. The fourth-order valence-electron chi connectivity index (χ4n) is 0.881. The number of ketones is 1. The van der Waals surface area contributed by atoms with E-state index in [2.05, 4.69) is 0 Å². The van der Waals surface area contributed by atoms with E-state index in [4.69, 9.17) is 9.84 Å². The molecule has 0 rings (SSSR count). The van der Waals surface area contributed by atoms with E-state index < -0.39 is 6.10 Å². The van der Waals surface area contributed by atoms with Crippen LogP contribution in [0.15, 0.2) is 0 Å². The average molecular weight is 202 g/mol. The molecule has 0 aliphatic rings. The van der Waals surface area contributed by atoms with Crippen molar-refractivity contribution in [3.05, 3.63) is 0 Å². The van der Waals surface area contributed by atoms with E-state index in [1.54, 1.807) is 0 Å². The Hall–Kier alpha value is -0.900. The van der Waals surface area contributed by atoms with Gasteiger partial charge in [0.1, 0.15) is 12.7 Å². The molecule has 0 aliphatic carbocycles. The van der Waals surface area contributed by atoms with Crippen LogP contribution >= 0.6 is 0 Å². The van der Waals surface area contributed by atoms with Crippen LogP contribution in [-0.4, -0.2) is 29.6 Å². The molecule has 1 atom stereocenters. The fraction of sp³-hybridized carbons (Fsp3) is 0.800. The van der Waals surface area contributed by atoms with Gasteiger partial charge in [-0.15, -0.1) is 0 Å². The first-order chi connectivity index (χ1) is 6.57. The summed E-state index contributed by atoms with van der Waals surface area (Å²) >= 11 is 0. The van der Waals surface area contributed by atoms with Crippen molar-refractivity contribution >= 4 is 11.8 Å². The summed E-state index contributed by atoms with van der Waals surface area (Å²) in [5.41, 5.74) is 0. The maximum Gasteiger partial charge on any atom is 0.305 e. The molecule has 0 bridgehead atoms. The van der Waals surface area contributed by atoms with Crippen molar-refractivity contribution in [1.29, 1.82) is 0 Å². The van der Waals surface area contributed by atoms with E-state index in [0.29, 0.717) is 6.42 Å². The van der Waals surface area contributed by atoms with E-state index in [9.17, 15) is 9.59 Å². The van der Waals surface area contributed by atoms with E-state index in [0.717, 1.165) is 19.3 Å². The van der Waals surface area contributed by atoms with Crippen LogP contribution in [0, 0.1) is 0 Å². The molecular formula is C10H18O4. The van der Waals surface area contributed by atoms with Gasteiger partial charge in [0.15, 0.2) is 5.78 Å². The molecule has 0 saturated heterocycles. The molecular weight excluding hydrogens is 184 g/mol. The van der Waals surface area contributed by atoms with Crippen molar-refractivity contribution in [1.82, 2.24) is 0 Å². The third kappa shape index (κ3) is 6.60. The number of aliphatic hydroxyl groups excluding tert-OH is 1. The lowest BCUT2D eigenvalue weighted by molar-refractivity contribution is -0.148. The number of esters is 1. The number of hydrogen-bond acceptors (Lipinski definition) is 4. The summed E-state index contributed by atoms with van der Waals surface area (Å²) in [7, 11) is 0. The summed E-state index contributed by atoms with van der Waals surface area (Å²) in [6, 6.07) is 0. The van der Waals surface area contributed by atoms with Crippen molar-refractivity contribution in [3.63, 3.8) is 0 Å². The minimum atomic E-state index is -1.18. The van der Waals surface area contributed by atoms with Crippen LogP contribution < -0.4 is 0 Å². The van der Waals surface area contributed by atoms with Crippen molar-refractivity contribution in [3.8, 4) is 0 Å². The summed E-state index contributed by atoms with van der Waals surface area (Å²) in [6.07, 6.45) is 2.02. The molecule has 0 heterocycles. The normalized spacial score (nSPS) is 12.2. The van der Waals surface area contributed by atoms with Gasteiger partial charge in [-0.25, -0.2) is 0 Å². The second-order valence-electron chi connectivity index (χ2n) is 3.27. The highest BCUT2D eigenvalue weighted by molar-refractivity contribution is 5.80. The van der Waals surface area contributed by atoms with Gasteiger partial charge in [0, 0.05) is 6.42 Å². The third-order valence-electron chi connectivity index (χ3n) is 1.86. The van der Waals surface area contributed by atoms with Crippen molar-refractivity contribution in [2.45, 2.75) is 45.6 Å². The lowest BCUT2D eigenvalue weighted by atomic mass is 10.2. The Morgan fingerprint density at radius 3 is 2.50 bits per heavy atom. The number of hydrogen-bond donors (Lipinski definition) is 1. The zero-order chi connectivity index (χ0) is 11.0. The largest absolute Gasteiger partial charge is 0.462 e. The molecule has 14 heavy (non-hydrogen) atoms. The third-order valence-corrected chi connectivity index (χ3v) is 1.86. The molecule has 0 amide bonds. The van der Waals surface area contributed by atoms with E-state index in [1.807, 2.05) is 6.92 Å². The molecule has 0 aromatic rings. The Morgan fingerprint density at radius 2 is 2.00 bits per heavy atom. The van der Waals surface area contributed by atoms with Gasteiger partial charge < -0.3 is 9.84 Å². The van der Waals surface area contributed by atoms with Crippen LogP contribution in [0.5, 0.6) is 0 Å². The Kier molecular flexibility index (Phi) is 7.02. The number of aliphatic hydroxyl groups is 1. The van der Waals surface area contributed by atoms with E-state index >= 15 is 0 Å². The van der Waals surface area contributed by atoms with E-state index in [1.165, 1.54) is 6.92 Å². The molecule has 0 radical (unpaired) electrons. The second-order valence-corrected chi connectivity index (χ2v) is 3.27. The molecule has 0 saturated carbocycles. The Bertz CT molecular complexity index is 189. The molecule has 1 unspecified atom stereocenters. The predicted octanol–water partition coefficient (Wildman–Crippen LogP) is 1.06. The number of carbonyl (C=O) groups is 2. The van der Waals surface area contributed by atoms with Gasteiger partial charge in [-0.2, -0.15) is 0 Å². The maximum absolute atomic E-state index is 11.0. The van der Waals surface area contributed by atoms with Crippen LogP contribution in [0.4, 0.5) is 0 Å². The minimum absolute atomic E-state index is 0.222. The van der Waals surface area contributed by atoms with Crippen molar-refractivity contribution in [2.24, 2.45) is 0 Å². The quantitative estimate of drug-likeness (QED) is 0.495. The van der Waals surface area contributed by atoms with Gasteiger partial charge in [0.05, 0.1) is 0 Å². The maximum atomic E-state index is 11.0. The first-order valence-corrected chi connectivity index (χ1v) is 4.92. The van der Waals surface area contributed by atoms with Crippen molar-refractivity contribution in [2.75, 3.05) is 6.61 Å². The molecule has 0 aromatic heterocycles. The smallest absolute Gasteiger partial charge is 0.305 e. The lowest BCUT2D eigenvalue weighted by Crippen LogP contribution is -2.25. The molecule has 0 spiro atoms. The Morgan fingerprint density at radius 1 is 1.36 bits per heavy atom. The summed E-state index contributed by atoms with van der Waals surface area (Å²) in [5, 5.41) is 9.02. The van der Waals surface area contributed by atoms with Gasteiger partial charge in [0.25, 0.3) is 0 Å². The standard InChI is InChI=1S/C10H18O4/c1-3-4-5-6-10(13)14-7-9(12)8(2)11/h9,12H,3-7H2,1-2H3. The molecule has 82 valence electrons. The van der Waals surface area contributed by atoms with Gasteiger partial charge in [-0.05, 0) is 13.3 Å². The predicted molar refractivity (Wildman–Crippen MR) is 51.8 cm³/mol. The summed E-state index contributed by atoms with van der Waals surface area (Å²) < 4.78 is 4.70. The van der Waals surface area contributed by atoms with Crippen LogP contribution in [0.2, 0.25) is 0 Å². The van der Waals surface area contributed by atoms with Gasteiger partial charge in [-0.3, -0.25) is 9.59 Å². The van der Waals surface area contributed by atoms with Crippen LogP contribution in [-0.2, 0) is 14.3 Å². The van der Waals surface area contributed by atoms with Gasteiger partial charge in [0.2, 0.25) is 0 Å². The Balaban J connectivity index is 3.48. The first kappa shape index (κ1) is 13.1. The van der Waals surface area contributed by atoms with Gasteiger partial charge >= 0.3 is 5.97 Å². The second kappa shape index (κ2) is 7.50. The molecule has 0 aromatic carbocycles. The van der Waals surface area contributed by atoms with E-state index in [-0.39, 0.29) is 18.4 Å². The molecule has 1 N–H and O–H groups in total. The molecule has 0 aliphatic heterocycles. The number of unbranched alkanes of at least 4 members (excludes halogenated alkanes) is 2. The molecule has 4 heteroatoms. The zero-order valence-corrected chi connectivity index (χ0v) is 8.78. The number of carbonyl (C=O) groups excluding carboxylic acids is 2. The lowest BCUT2D eigenvalue weighted by Gasteiger charge is -2.07. The highest BCUT2D eigenvalue weighted by Crippen LogP contribution is 2.01. The minimum Gasteiger partial charge on any atom is -0.462 e. The summed E-state index contributed by atoms with van der Waals surface area (Å²) in [6.45, 7) is 3.08. The summed E-state index contributed by atoms with van der Waals surface area (Å²) in [4.78, 5) is 21.6. The zero-order valence-electron chi connectivity index (χ0n) is 8.78. The molecule has 0 fully saturated rings. The first-order valence-electron chi connectivity index (χ1n) is 4.92. The summed E-state index contributed by atoms with van der Waals surface area (Å²) in [5.74, 6) is -0.731. The van der Waals surface area contributed by atoms with Gasteiger partial charge in [-0.1, -0.05) is 19.8 Å². The molecule has 4 nitrogen and oxygen atoms in total. The SMILES string of the molecule is CCCCCC(=O)OCC(O)C(C)=O. The monoisotopic (exact) mass is 202 g/mol. The fourth-order valence-corrected chi connectivity index (χ4v) is 0.881. The van der Waals surface area contributed by atoms with Crippen molar-refractivity contribution < 1.29 is 19.4 Å². The Labute approximate surface area is 84.3 Å². The van der Waals surface area contributed by atoms with Crippen LogP contribution in [0.3, 0.4) is 0 Å². The highest BCUT2D eigenvalue weighted by atomic mass is 16.5. The number of rotatable bonds is 7. The number of Topliss-reactive ketones (excluding diaryl/α,β-unsaturated/α-hetero) is 1. The highest BCUT2D eigenvalue weighted by Gasteiger charge is 2.12. The van der Waals surface area contributed by atoms with Crippen LogP contribution in [0.25, 0.3) is 0 Å². The van der Waals surface area contributed by atoms with Crippen LogP contribution in [0.1, 0.15) is 39.5 Å². The average Bonchev–Trinajstić information content (AvgIpc) is 2.14. The topological polar surface area (TPSA) is 63.6 Å².